The molecular weight excluding hydrogens is 540 g/mol. The van der Waals surface area contributed by atoms with E-state index >= 15 is 4.39 Å². The largest absolute Gasteiger partial charge is 0.490 e. The lowest BCUT2D eigenvalue weighted by molar-refractivity contribution is -0.160. The SMILES string of the molecule is C=Cc1cccc(F)c1C(=O)N1CCc2c1cc(C)c([C@H](OC(C)(C)C)C(=O)O)c2-c1cc(F)c2c(c1C)CCCO2. The van der Waals surface area contributed by atoms with E-state index in [1.807, 2.05) is 6.92 Å². The summed E-state index contributed by atoms with van der Waals surface area (Å²) in [6.45, 7) is 13.4. The highest BCUT2D eigenvalue weighted by Crippen LogP contribution is 2.48. The molecule has 2 aliphatic rings. The Morgan fingerprint density at radius 3 is 2.52 bits per heavy atom. The molecule has 3 aromatic carbocycles. The maximum absolute atomic E-state index is 15.6. The van der Waals surface area contributed by atoms with Gasteiger partial charge in [0.15, 0.2) is 17.7 Å². The van der Waals surface area contributed by atoms with Gasteiger partial charge in [0, 0.05) is 23.4 Å². The molecule has 0 saturated carbocycles. The van der Waals surface area contributed by atoms with E-state index in [2.05, 4.69) is 6.58 Å². The number of halogens is 2. The zero-order valence-electron chi connectivity index (χ0n) is 24.6. The van der Waals surface area contributed by atoms with E-state index in [1.54, 1.807) is 39.8 Å². The zero-order chi connectivity index (χ0) is 30.5. The molecule has 5 rings (SSSR count). The van der Waals surface area contributed by atoms with Crippen LogP contribution in [-0.2, 0) is 22.4 Å². The second kappa shape index (κ2) is 11.0. The van der Waals surface area contributed by atoms with E-state index < -0.39 is 35.2 Å². The molecule has 0 unspecified atom stereocenters. The molecule has 0 aliphatic carbocycles. The number of carboxylic acids is 1. The van der Waals surface area contributed by atoms with Gasteiger partial charge in [0.2, 0.25) is 0 Å². The van der Waals surface area contributed by atoms with Crippen molar-refractivity contribution in [3.63, 3.8) is 0 Å². The number of amides is 1. The molecule has 0 radical (unpaired) electrons. The molecule has 0 aromatic heterocycles. The Morgan fingerprint density at radius 1 is 1.12 bits per heavy atom. The zero-order valence-corrected chi connectivity index (χ0v) is 24.6. The van der Waals surface area contributed by atoms with Crippen LogP contribution in [0.15, 0.2) is 36.9 Å². The molecular formula is C34H35F2NO5. The Hall–Kier alpha value is -4.04. The lowest BCUT2D eigenvalue weighted by Crippen LogP contribution is -2.30. The number of nitrogens with zero attached hydrogens (tertiary/aromatic N) is 1. The second-order valence-electron chi connectivity index (χ2n) is 11.8. The number of rotatable bonds is 6. The molecule has 2 aliphatic heterocycles. The predicted molar refractivity (Wildman–Crippen MR) is 158 cm³/mol. The highest BCUT2D eigenvalue weighted by Gasteiger charge is 2.38. The number of hydrogen-bond acceptors (Lipinski definition) is 4. The average molecular weight is 576 g/mol. The van der Waals surface area contributed by atoms with Crippen LogP contribution in [0.5, 0.6) is 5.75 Å². The Morgan fingerprint density at radius 2 is 1.86 bits per heavy atom. The minimum atomic E-state index is -1.36. The summed E-state index contributed by atoms with van der Waals surface area (Å²) in [6.07, 6.45) is 1.80. The maximum atomic E-state index is 15.6. The summed E-state index contributed by atoms with van der Waals surface area (Å²) in [5.41, 5.74) is 4.25. The van der Waals surface area contributed by atoms with Crippen molar-refractivity contribution in [2.45, 2.75) is 65.6 Å². The molecule has 2 heterocycles. The number of ether oxygens (including phenoxy) is 2. The van der Waals surface area contributed by atoms with Crippen LogP contribution in [0.1, 0.15) is 77.0 Å². The summed E-state index contributed by atoms with van der Waals surface area (Å²) < 4.78 is 42.3. The van der Waals surface area contributed by atoms with E-state index in [-0.39, 0.29) is 17.9 Å². The van der Waals surface area contributed by atoms with Crippen molar-refractivity contribution < 1.29 is 33.0 Å². The summed E-state index contributed by atoms with van der Waals surface area (Å²) in [6, 6.07) is 7.53. The van der Waals surface area contributed by atoms with E-state index in [0.29, 0.717) is 58.5 Å². The quantitative estimate of drug-likeness (QED) is 0.332. The Bertz CT molecular complexity index is 1620. The van der Waals surface area contributed by atoms with Crippen LogP contribution < -0.4 is 9.64 Å². The lowest BCUT2D eigenvalue weighted by atomic mass is 9.83. The van der Waals surface area contributed by atoms with Crippen LogP contribution in [0, 0.1) is 25.5 Å². The topological polar surface area (TPSA) is 76.1 Å². The first-order valence-corrected chi connectivity index (χ1v) is 14.1. The van der Waals surface area contributed by atoms with Gasteiger partial charge in [-0.05, 0) is 105 Å². The van der Waals surface area contributed by atoms with Gasteiger partial charge >= 0.3 is 5.97 Å². The van der Waals surface area contributed by atoms with Crippen molar-refractivity contribution in [3.8, 4) is 16.9 Å². The van der Waals surface area contributed by atoms with Gasteiger partial charge in [-0.25, -0.2) is 13.6 Å². The number of carbonyl (C=O) groups excluding carboxylic acids is 1. The number of carbonyl (C=O) groups is 2. The third-order valence-electron chi connectivity index (χ3n) is 7.92. The maximum Gasteiger partial charge on any atom is 0.337 e. The van der Waals surface area contributed by atoms with Crippen molar-refractivity contribution >= 4 is 23.6 Å². The van der Waals surface area contributed by atoms with Crippen molar-refractivity contribution in [1.82, 2.24) is 0 Å². The van der Waals surface area contributed by atoms with Crippen LogP contribution >= 0.6 is 0 Å². The lowest BCUT2D eigenvalue weighted by Gasteiger charge is -2.30. The second-order valence-corrected chi connectivity index (χ2v) is 11.8. The third kappa shape index (κ3) is 5.09. The summed E-state index contributed by atoms with van der Waals surface area (Å²) >= 11 is 0. The first kappa shape index (κ1) is 29.5. The minimum absolute atomic E-state index is 0.0868. The third-order valence-corrected chi connectivity index (χ3v) is 7.92. The molecule has 42 heavy (non-hydrogen) atoms. The first-order chi connectivity index (χ1) is 19.8. The minimum Gasteiger partial charge on any atom is -0.490 e. The Balaban J connectivity index is 1.79. The van der Waals surface area contributed by atoms with Gasteiger partial charge in [-0.1, -0.05) is 24.8 Å². The van der Waals surface area contributed by atoms with Crippen LogP contribution in [0.2, 0.25) is 0 Å². The fourth-order valence-electron chi connectivity index (χ4n) is 6.13. The molecule has 3 aromatic rings. The number of fused-ring (bicyclic) bond motifs is 2. The molecule has 0 spiro atoms. The van der Waals surface area contributed by atoms with E-state index in [9.17, 15) is 19.1 Å². The first-order valence-electron chi connectivity index (χ1n) is 14.1. The van der Waals surface area contributed by atoms with Gasteiger partial charge < -0.3 is 19.5 Å². The normalized spacial score (nSPS) is 15.1. The molecule has 1 N–H and O–H groups in total. The molecule has 1 amide bonds. The van der Waals surface area contributed by atoms with E-state index in [0.717, 1.165) is 17.5 Å². The van der Waals surface area contributed by atoms with Gasteiger partial charge in [0.05, 0.1) is 17.8 Å². The standard InChI is InChI=1S/C34H35F2NO5/c1-7-20-10-8-12-24(35)28(20)32(38)37-14-13-22-26(37)16-18(2)27(31(33(39)40)42-34(4,5)6)29(22)23-17-25(36)30-21(19(23)3)11-9-15-41-30/h7-8,10,12,16-17,31H,1,9,11,13-15H2,2-6H3,(H,39,40)/t31-/m0/s1. The number of anilines is 1. The van der Waals surface area contributed by atoms with Crippen LogP contribution in [0.3, 0.4) is 0 Å². The predicted octanol–water partition coefficient (Wildman–Crippen LogP) is 7.36. The van der Waals surface area contributed by atoms with E-state index in [1.165, 1.54) is 29.2 Å². The number of aryl methyl sites for hydroxylation is 1. The number of carboxylic acid groups (broad SMARTS) is 1. The van der Waals surface area contributed by atoms with Crippen LogP contribution in [0.4, 0.5) is 14.5 Å². The highest BCUT2D eigenvalue weighted by molar-refractivity contribution is 6.10. The Kier molecular flexibility index (Phi) is 7.70. The van der Waals surface area contributed by atoms with E-state index in [4.69, 9.17) is 9.47 Å². The smallest absolute Gasteiger partial charge is 0.337 e. The summed E-state index contributed by atoms with van der Waals surface area (Å²) in [4.78, 5) is 28.1. The van der Waals surface area contributed by atoms with Gasteiger partial charge in [-0.2, -0.15) is 0 Å². The fourth-order valence-corrected chi connectivity index (χ4v) is 6.13. The molecule has 0 fully saturated rings. The van der Waals surface area contributed by atoms with Crippen LogP contribution in [0.25, 0.3) is 17.2 Å². The van der Waals surface area contributed by atoms with Crippen molar-refractivity contribution in [3.05, 3.63) is 87.5 Å². The summed E-state index contributed by atoms with van der Waals surface area (Å²) in [5.74, 6) is -2.66. The van der Waals surface area contributed by atoms with Gasteiger partial charge in [-0.3, -0.25) is 4.79 Å². The number of benzene rings is 3. The molecule has 0 bridgehead atoms. The van der Waals surface area contributed by atoms with Crippen molar-refractivity contribution in [1.29, 1.82) is 0 Å². The summed E-state index contributed by atoms with van der Waals surface area (Å²) in [7, 11) is 0. The van der Waals surface area contributed by atoms with Crippen molar-refractivity contribution in [2.24, 2.45) is 0 Å². The number of aliphatic carboxylic acids is 1. The molecule has 6 nitrogen and oxygen atoms in total. The van der Waals surface area contributed by atoms with Gasteiger partial charge in [0.1, 0.15) is 5.82 Å². The monoisotopic (exact) mass is 575 g/mol. The summed E-state index contributed by atoms with van der Waals surface area (Å²) in [5, 5.41) is 10.4. The van der Waals surface area contributed by atoms with Gasteiger partial charge in [-0.15, -0.1) is 0 Å². The molecule has 1 atom stereocenters. The fraction of sp³-hybridized carbons (Fsp3) is 0.353. The Labute approximate surface area is 244 Å². The number of hydrogen-bond donors (Lipinski definition) is 1. The molecule has 0 saturated heterocycles. The van der Waals surface area contributed by atoms with Gasteiger partial charge in [0.25, 0.3) is 5.91 Å². The highest BCUT2D eigenvalue weighted by atomic mass is 19.1. The molecule has 8 heteroatoms. The van der Waals surface area contributed by atoms with Crippen molar-refractivity contribution in [2.75, 3.05) is 18.1 Å². The average Bonchev–Trinajstić information content (AvgIpc) is 3.35. The van der Waals surface area contributed by atoms with Crippen LogP contribution in [-0.4, -0.2) is 35.7 Å². The molecule has 220 valence electrons.